The molecule has 5 rings (SSSR count). The summed E-state index contributed by atoms with van der Waals surface area (Å²) in [5, 5.41) is 19.6. The summed E-state index contributed by atoms with van der Waals surface area (Å²) in [4.78, 5) is 6.86. The second kappa shape index (κ2) is 8.34. The third kappa shape index (κ3) is 3.80. The van der Waals surface area contributed by atoms with E-state index >= 15 is 0 Å². The minimum atomic E-state index is -0.316. The van der Waals surface area contributed by atoms with Gasteiger partial charge in [0.15, 0.2) is 0 Å². The van der Waals surface area contributed by atoms with Crippen LogP contribution in [0, 0.1) is 5.41 Å². The molecule has 2 aromatic carbocycles. The van der Waals surface area contributed by atoms with E-state index in [0.29, 0.717) is 34.2 Å². The van der Waals surface area contributed by atoms with E-state index in [1.165, 1.54) is 0 Å². The van der Waals surface area contributed by atoms with Crippen molar-refractivity contribution in [3.05, 3.63) is 76.0 Å². The number of phenolic OH excluding ortho intramolecular Hbond substituents is 1. The minimum Gasteiger partial charge on any atom is -0.508 e. The average Bonchev–Trinajstić information content (AvgIpc) is 2.78. The van der Waals surface area contributed by atoms with Crippen LogP contribution in [0.2, 0.25) is 5.02 Å². The topological polar surface area (TPSA) is 83.6 Å². The van der Waals surface area contributed by atoms with Gasteiger partial charge in [0, 0.05) is 48.7 Å². The second-order valence-electron chi connectivity index (χ2n) is 7.74. The van der Waals surface area contributed by atoms with E-state index in [2.05, 4.69) is 9.88 Å². The van der Waals surface area contributed by atoms with E-state index in [1.54, 1.807) is 18.5 Å². The van der Waals surface area contributed by atoms with Crippen molar-refractivity contribution in [1.29, 1.82) is 5.41 Å². The molecule has 0 unspecified atom stereocenters. The molecule has 7 nitrogen and oxygen atoms in total. The van der Waals surface area contributed by atoms with E-state index < -0.39 is 0 Å². The van der Waals surface area contributed by atoms with Crippen molar-refractivity contribution in [2.75, 3.05) is 32.8 Å². The summed E-state index contributed by atoms with van der Waals surface area (Å²) >= 11 is 6.58. The zero-order chi connectivity index (χ0) is 21.4. The summed E-state index contributed by atoms with van der Waals surface area (Å²) in [7, 11) is 0. The standard InChI is InChI=1S/C23H23ClN4O3/c24-18-4-2-1-3-16(18)20-17-6-5-15(29)13-19(17)31-23-21(20)22(25)28(14-26-23)8-7-27-9-11-30-12-10-27/h1-6,13-14,20,25,29H,7-12H2/t20-/m1/s1. The lowest BCUT2D eigenvalue weighted by atomic mass is 9.84. The molecule has 0 radical (unpaired) electrons. The zero-order valence-corrected chi connectivity index (χ0v) is 17.7. The number of ether oxygens (including phenoxy) is 2. The quantitative estimate of drug-likeness (QED) is 0.510. The van der Waals surface area contributed by atoms with Crippen molar-refractivity contribution in [2.24, 2.45) is 0 Å². The van der Waals surface area contributed by atoms with E-state index in [-0.39, 0.29) is 11.7 Å². The number of hydrogen-bond donors (Lipinski definition) is 2. The van der Waals surface area contributed by atoms with Crippen LogP contribution in [-0.4, -0.2) is 52.4 Å². The van der Waals surface area contributed by atoms with Crippen LogP contribution in [0.3, 0.4) is 0 Å². The van der Waals surface area contributed by atoms with Crippen LogP contribution in [0.4, 0.5) is 0 Å². The van der Waals surface area contributed by atoms with Gasteiger partial charge in [-0.25, -0.2) is 4.98 Å². The van der Waals surface area contributed by atoms with Crippen molar-refractivity contribution >= 4 is 11.6 Å². The molecule has 8 heteroatoms. The van der Waals surface area contributed by atoms with E-state index in [4.69, 9.17) is 26.5 Å². The highest BCUT2D eigenvalue weighted by Crippen LogP contribution is 2.47. The smallest absolute Gasteiger partial charge is 0.228 e. The maximum absolute atomic E-state index is 9.96. The Labute approximate surface area is 185 Å². The third-order valence-corrected chi connectivity index (χ3v) is 6.21. The summed E-state index contributed by atoms with van der Waals surface area (Å²) in [6.45, 7) is 4.75. The van der Waals surface area contributed by atoms with Crippen LogP contribution in [0.5, 0.6) is 17.4 Å². The van der Waals surface area contributed by atoms with Gasteiger partial charge in [-0.05, 0) is 17.7 Å². The van der Waals surface area contributed by atoms with Gasteiger partial charge < -0.3 is 19.1 Å². The molecule has 2 N–H and O–H groups in total. The van der Waals surface area contributed by atoms with Gasteiger partial charge in [0.1, 0.15) is 23.3 Å². The van der Waals surface area contributed by atoms with Crippen molar-refractivity contribution in [3.63, 3.8) is 0 Å². The lowest BCUT2D eigenvalue weighted by Crippen LogP contribution is -2.40. The lowest BCUT2D eigenvalue weighted by molar-refractivity contribution is 0.0362. The number of benzene rings is 2. The normalized spacial score (nSPS) is 18.2. The number of aromatic nitrogens is 2. The number of aromatic hydroxyl groups is 1. The summed E-state index contributed by atoms with van der Waals surface area (Å²) < 4.78 is 13.3. The Hall–Kier alpha value is -2.87. The Bertz CT molecular complexity index is 1170. The van der Waals surface area contributed by atoms with Gasteiger partial charge >= 0.3 is 0 Å². The largest absolute Gasteiger partial charge is 0.508 e. The minimum absolute atomic E-state index is 0.114. The highest BCUT2D eigenvalue weighted by Gasteiger charge is 2.33. The predicted octanol–water partition coefficient (Wildman–Crippen LogP) is 3.34. The fourth-order valence-electron chi connectivity index (χ4n) is 4.23. The number of nitrogens with zero attached hydrogens (tertiary/aromatic N) is 3. The maximum Gasteiger partial charge on any atom is 0.228 e. The Kier molecular flexibility index (Phi) is 5.40. The number of nitrogens with one attached hydrogen (secondary N) is 1. The molecule has 1 fully saturated rings. The highest BCUT2D eigenvalue weighted by molar-refractivity contribution is 6.31. The summed E-state index contributed by atoms with van der Waals surface area (Å²) in [5.74, 6) is 0.692. The Morgan fingerprint density at radius 3 is 2.71 bits per heavy atom. The van der Waals surface area contributed by atoms with Crippen molar-refractivity contribution in [3.8, 4) is 17.4 Å². The van der Waals surface area contributed by atoms with Crippen LogP contribution >= 0.6 is 11.6 Å². The molecule has 31 heavy (non-hydrogen) atoms. The molecule has 3 heterocycles. The van der Waals surface area contributed by atoms with Crippen molar-refractivity contribution in [2.45, 2.75) is 12.5 Å². The first-order chi connectivity index (χ1) is 15.1. The third-order valence-electron chi connectivity index (χ3n) is 5.87. The van der Waals surface area contributed by atoms with Gasteiger partial charge in [0.05, 0.1) is 18.8 Å². The number of fused-ring (bicyclic) bond motifs is 2. The number of morpholine rings is 1. The number of hydrogen-bond acceptors (Lipinski definition) is 6. The fraction of sp³-hybridized carbons (Fsp3) is 0.304. The summed E-state index contributed by atoms with van der Waals surface area (Å²) in [6, 6.07) is 12.7. The van der Waals surface area contributed by atoms with Crippen LogP contribution < -0.4 is 10.2 Å². The average molecular weight is 439 g/mol. The highest BCUT2D eigenvalue weighted by atomic mass is 35.5. The van der Waals surface area contributed by atoms with Crippen LogP contribution in [0.15, 0.2) is 48.8 Å². The van der Waals surface area contributed by atoms with Crippen LogP contribution in [0.25, 0.3) is 0 Å². The summed E-state index contributed by atoms with van der Waals surface area (Å²) in [6.07, 6.45) is 1.65. The van der Waals surface area contributed by atoms with Gasteiger partial charge in [-0.15, -0.1) is 0 Å². The zero-order valence-electron chi connectivity index (χ0n) is 16.9. The number of phenols is 1. The molecule has 3 aromatic rings. The molecule has 0 saturated carbocycles. The number of rotatable bonds is 4. The van der Waals surface area contributed by atoms with Gasteiger partial charge in [-0.3, -0.25) is 10.3 Å². The van der Waals surface area contributed by atoms with Crippen LogP contribution in [0.1, 0.15) is 22.6 Å². The van der Waals surface area contributed by atoms with Gasteiger partial charge in [-0.2, -0.15) is 0 Å². The van der Waals surface area contributed by atoms with Gasteiger partial charge in [0.25, 0.3) is 0 Å². The van der Waals surface area contributed by atoms with Gasteiger partial charge in [0.2, 0.25) is 5.88 Å². The Balaban J connectivity index is 1.58. The molecule has 1 aromatic heterocycles. The molecule has 1 saturated heterocycles. The molecule has 160 valence electrons. The maximum atomic E-state index is 9.96. The molecule has 0 bridgehead atoms. The van der Waals surface area contributed by atoms with E-state index in [9.17, 15) is 5.11 Å². The Morgan fingerprint density at radius 1 is 1.10 bits per heavy atom. The Morgan fingerprint density at radius 2 is 1.90 bits per heavy atom. The molecule has 0 amide bonds. The molecule has 0 aliphatic carbocycles. The van der Waals surface area contributed by atoms with Gasteiger partial charge in [-0.1, -0.05) is 35.9 Å². The summed E-state index contributed by atoms with van der Waals surface area (Å²) in [5.41, 5.74) is 2.75. The molecular formula is C23H23ClN4O3. The molecule has 1 atom stereocenters. The fourth-order valence-corrected chi connectivity index (χ4v) is 4.48. The lowest BCUT2D eigenvalue weighted by Gasteiger charge is -2.30. The second-order valence-corrected chi connectivity index (χ2v) is 8.15. The van der Waals surface area contributed by atoms with E-state index in [1.807, 2.05) is 34.9 Å². The SMILES string of the molecule is N=c1c2c(ncn1CCN1CCOCC1)Oc1cc(O)ccc1[C@H]2c1ccccc1Cl. The van der Waals surface area contributed by atoms with Crippen molar-refractivity contribution < 1.29 is 14.6 Å². The first kappa shape index (κ1) is 20.1. The predicted molar refractivity (Wildman–Crippen MR) is 116 cm³/mol. The number of halogens is 1. The molecule has 2 aliphatic rings. The molecule has 2 aliphatic heterocycles. The molecular weight excluding hydrogens is 416 g/mol. The first-order valence-corrected chi connectivity index (χ1v) is 10.7. The first-order valence-electron chi connectivity index (χ1n) is 10.3. The van der Waals surface area contributed by atoms with Crippen LogP contribution in [-0.2, 0) is 11.3 Å². The monoisotopic (exact) mass is 438 g/mol. The molecule has 0 spiro atoms. The van der Waals surface area contributed by atoms with E-state index in [0.717, 1.165) is 44.0 Å². The van der Waals surface area contributed by atoms with Crippen molar-refractivity contribution in [1.82, 2.24) is 14.5 Å².